The molecule has 1 fully saturated rings. The van der Waals surface area contributed by atoms with Crippen LogP contribution in [0.25, 0.3) is 0 Å². The second-order valence-corrected chi connectivity index (χ2v) is 5.26. The molecule has 0 spiro atoms. The van der Waals surface area contributed by atoms with Gasteiger partial charge in [-0.1, -0.05) is 0 Å². The zero-order valence-electron chi connectivity index (χ0n) is 7.68. The molecule has 0 saturated carbocycles. The highest BCUT2D eigenvalue weighted by molar-refractivity contribution is 7.89. The first-order valence-electron chi connectivity index (χ1n) is 4.32. The molecule has 0 aromatic rings. The third kappa shape index (κ3) is 2.44. The van der Waals surface area contributed by atoms with Crippen LogP contribution >= 0.6 is 0 Å². The first-order chi connectivity index (χ1) is 6.60. The van der Waals surface area contributed by atoms with Crippen molar-refractivity contribution in [2.75, 3.05) is 18.8 Å². The maximum atomic E-state index is 11.4. The molecule has 0 bridgehead atoms. The van der Waals surface area contributed by atoms with Gasteiger partial charge >= 0.3 is 0 Å². The van der Waals surface area contributed by atoms with E-state index in [0.29, 0.717) is 19.5 Å². The monoisotopic (exact) mass is 213 g/mol. The van der Waals surface area contributed by atoms with Gasteiger partial charge in [0.15, 0.2) is 5.75 Å². The smallest absolute Gasteiger partial charge is 0.211 e. The Bertz CT molecular complexity index is 376. The summed E-state index contributed by atoms with van der Waals surface area (Å²) in [4.78, 5) is 0. The lowest BCUT2D eigenvalue weighted by atomic mass is 10.1. The summed E-state index contributed by atoms with van der Waals surface area (Å²) in [5.74, 6) is -0.333. The summed E-state index contributed by atoms with van der Waals surface area (Å²) in [5.41, 5.74) is 0. The third-order valence-electron chi connectivity index (χ3n) is 2.27. The van der Waals surface area contributed by atoms with Crippen molar-refractivity contribution < 1.29 is 8.42 Å². The quantitative estimate of drug-likeness (QED) is 0.664. The number of hydrogen-bond donors (Lipinski definition) is 0. The third-order valence-corrected chi connectivity index (χ3v) is 3.88. The predicted octanol–water partition coefficient (Wildman–Crippen LogP) is 0.0754. The van der Waals surface area contributed by atoms with Crippen LogP contribution in [-0.4, -0.2) is 31.6 Å². The van der Waals surface area contributed by atoms with E-state index in [2.05, 4.69) is 0 Å². The maximum absolute atomic E-state index is 11.4. The van der Waals surface area contributed by atoms with Gasteiger partial charge in [0.25, 0.3) is 0 Å². The standard InChI is InChI=1S/C8H11N3O2S/c9-3-1-8-2-5-11(7-8)14(12,13)6-4-10/h8H,1-2,5-7H2. The Morgan fingerprint density at radius 3 is 2.64 bits per heavy atom. The van der Waals surface area contributed by atoms with Crippen LogP contribution in [0.2, 0.25) is 0 Å². The largest absolute Gasteiger partial charge is 0.227 e. The van der Waals surface area contributed by atoms with E-state index in [4.69, 9.17) is 10.5 Å². The van der Waals surface area contributed by atoms with Gasteiger partial charge in [0.1, 0.15) is 0 Å². The van der Waals surface area contributed by atoms with Gasteiger partial charge in [-0.05, 0) is 12.3 Å². The minimum atomic E-state index is -3.40. The molecule has 0 N–H and O–H groups in total. The summed E-state index contributed by atoms with van der Waals surface area (Å²) in [6.45, 7) is 0.827. The summed E-state index contributed by atoms with van der Waals surface area (Å²) in [6, 6.07) is 3.66. The van der Waals surface area contributed by atoms with Gasteiger partial charge < -0.3 is 0 Å². The molecule has 5 nitrogen and oxygen atoms in total. The molecule has 1 aliphatic heterocycles. The molecule has 1 saturated heterocycles. The van der Waals surface area contributed by atoms with E-state index in [0.717, 1.165) is 6.42 Å². The van der Waals surface area contributed by atoms with Crippen LogP contribution in [0.5, 0.6) is 0 Å². The average Bonchev–Trinajstić information content (AvgIpc) is 2.54. The van der Waals surface area contributed by atoms with Crippen molar-refractivity contribution in [1.29, 1.82) is 10.5 Å². The Morgan fingerprint density at radius 2 is 2.07 bits per heavy atom. The fourth-order valence-electron chi connectivity index (χ4n) is 1.52. The van der Waals surface area contributed by atoms with Crippen LogP contribution in [0, 0.1) is 28.6 Å². The summed E-state index contributed by atoms with van der Waals surface area (Å²) in [6.07, 6.45) is 1.11. The lowest BCUT2D eigenvalue weighted by molar-refractivity contribution is 0.461. The van der Waals surface area contributed by atoms with Crippen molar-refractivity contribution in [3.63, 3.8) is 0 Å². The SMILES string of the molecule is N#CCC1CCN(S(=O)(=O)CC#N)C1. The molecular formula is C8H11N3O2S. The zero-order chi connectivity index (χ0) is 10.6. The molecule has 76 valence electrons. The van der Waals surface area contributed by atoms with Crippen molar-refractivity contribution in [3.05, 3.63) is 0 Å². The Balaban J connectivity index is 2.59. The highest BCUT2D eigenvalue weighted by atomic mass is 32.2. The topological polar surface area (TPSA) is 85.0 Å². The van der Waals surface area contributed by atoms with Crippen LogP contribution in [0.1, 0.15) is 12.8 Å². The van der Waals surface area contributed by atoms with Crippen molar-refractivity contribution in [3.8, 4) is 12.1 Å². The fourth-order valence-corrected chi connectivity index (χ4v) is 2.69. The van der Waals surface area contributed by atoms with Crippen molar-refractivity contribution in [2.45, 2.75) is 12.8 Å². The number of hydrogen-bond acceptors (Lipinski definition) is 4. The zero-order valence-corrected chi connectivity index (χ0v) is 8.50. The molecule has 0 radical (unpaired) electrons. The molecule has 1 unspecified atom stereocenters. The lowest BCUT2D eigenvalue weighted by Crippen LogP contribution is -2.30. The highest BCUT2D eigenvalue weighted by Gasteiger charge is 2.30. The molecule has 1 atom stereocenters. The average molecular weight is 213 g/mol. The van der Waals surface area contributed by atoms with Crippen LogP contribution in [-0.2, 0) is 10.0 Å². The van der Waals surface area contributed by atoms with Gasteiger partial charge in [0.05, 0.1) is 12.1 Å². The Hall–Kier alpha value is -1.11. The molecule has 1 aliphatic rings. The summed E-state index contributed by atoms with van der Waals surface area (Å²) < 4.78 is 24.1. The van der Waals surface area contributed by atoms with E-state index in [-0.39, 0.29) is 5.92 Å². The van der Waals surface area contributed by atoms with Crippen LogP contribution in [0.4, 0.5) is 0 Å². The van der Waals surface area contributed by atoms with E-state index in [1.165, 1.54) is 4.31 Å². The van der Waals surface area contributed by atoms with E-state index in [1.807, 2.05) is 6.07 Å². The van der Waals surface area contributed by atoms with Crippen LogP contribution in [0.3, 0.4) is 0 Å². The number of rotatable bonds is 3. The molecule has 1 heterocycles. The molecule has 0 aromatic carbocycles. The number of sulfonamides is 1. The van der Waals surface area contributed by atoms with Gasteiger partial charge in [-0.2, -0.15) is 10.5 Å². The molecule has 6 heteroatoms. The van der Waals surface area contributed by atoms with Gasteiger partial charge in [-0.25, -0.2) is 12.7 Å². The van der Waals surface area contributed by atoms with Crippen molar-refractivity contribution in [1.82, 2.24) is 4.31 Å². The number of nitriles is 2. The predicted molar refractivity (Wildman–Crippen MR) is 49.3 cm³/mol. The second-order valence-electron chi connectivity index (χ2n) is 3.29. The summed E-state index contributed by atoms with van der Waals surface area (Å²) in [7, 11) is -3.40. The van der Waals surface area contributed by atoms with E-state index in [1.54, 1.807) is 6.07 Å². The first kappa shape index (κ1) is 11.0. The molecular weight excluding hydrogens is 202 g/mol. The fraction of sp³-hybridized carbons (Fsp3) is 0.750. The van der Waals surface area contributed by atoms with Gasteiger partial charge in [0, 0.05) is 19.5 Å². The van der Waals surface area contributed by atoms with E-state index in [9.17, 15) is 8.42 Å². The number of nitrogens with zero attached hydrogens (tertiary/aromatic N) is 3. The van der Waals surface area contributed by atoms with Crippen LogP contribution < -0.4 is 0 Å². The molecule has 0 aromatic heterocycles. The van der Waals surface area contributed by atoms with E-state index >= 15 is 0 Å². The Kier molecular flexibility index (Phi) is 3.45. The van der Waals surface area contributed by atoms with Crippen LogP contribution in [0.15, 0.2) is 0 Å². The Morgan fingerprint density at radius 1 is 1.36 bits per heavy atom. The normalized spacial score (nSPS) is 22.9. The molecule has 0 amide bonds. The summed E-state index contributed by atoms with van der Waals surface area (Å²) >= 11 is 0. The summed E-state index contributed by atoms with van der Waals surface area (Å²) in [5, 5.41) is 16.8. The van der Waals surface area contributed by atoms with Crippen molar-refractivity contribution >= 4 is 10.0 Å². The maximum Gasteiger partial charge on any atom is 0.227 e. The minimum absolute atomic E-state index is 0.133. The highest BCUT2D eigenvalue weighted by Crippen LogP contribution is 2.21. The second kappa shape index (κ2) is 4.41. The van der Waals surface area contributed by atoms with Gasteiger partial charge in [-0.3, -0.25) is 0 Å². The molecule has 0 aliphatic carbocycles. The van der Waals surface area contributed by atoms with E-state index < -0.39 is 15.8 Å². The van der Waals surface area contributed by atoms with Gasteiger partial charge in [-0.15, -0.1) is 0 Å². The molecule has 14 heavy (non-hydrogen) atoms. The Labute approximate surface area is 83.6 Å². The minimum Gasteiger partial charge on any atom is -0.211 e. The molecule has 1 rings (SSSR count). The van der Waals surface area contributed by atoms with Crippen molar-refractivity contribution in [2.24, 2.45) is 5.92 Å². The lowest BCUT2D eigenvalue weighted by Gasteiger charge is -2.13. The first-order valence-corrected chi connectivity index (χ1v) is 5.93. The van der Waals surface area contributed by atoms with Gasteiger partial charge in [0.2, 0.25) is 10.0 Å².